The molecule has 26 heavy (non-hydrogen) atoms. The number of benzene rings is 2. The molecule has 1 N–H and O–H groups in total. The summed E-state index contributed by atoms with van der Waals surface area (Å²) in [5.41, 5.74) is 1.70. The summed E-state index contributed by atoms with van der Waals surface area (Å²) in [7, 11) is 3.26. The molecule has 2 amide bonds. The maximum atomic E-state index is 12.5. The average molecular weight is 376 g/mol. The van der Waals surface area contributed by atoms with Crippen LogP contribution in [0.3, 0.4) is 0 Å². The van der Waals surface area contributed by atoms with Gasteiger partial charge in [0, 0.05) is 36.9 Å². The van der Waals surface area contributed by atoms with Gasteiger partial charge in [-0.2, -0.15) is 0 Å². The quantitative estimate of drug-likeness (QED) is 0.885. The van der Waals surface area contributed by atoms with Gasteiger partial charge < -0.3 is 24.6 Å². The van der Waals surface area contributed by atoms with Crippen molar-refractivity contribution in [2.45, 2.75) is 0 Å². The molecule has 0 radical (unpaired) electrons. The summed E-state index contributed by atoms with van der Waals surface area (Å²) in [4.78, 5) is 16.4. The Bertz CT molecular complexity index is 759. The molecule has 0 atom stereocenters. The van der Waals surface area contributed by atoms with Crippen molar-refractivity contribution < 1.29 is 14.3 Å². The number of carbonyl (C=O) groups is 1. The van der Waals surface area contributed by atoms with Crippen LogP contribution in [0.4, 0.5) is 16.2 Å². The molecule has 2 aromatic rings. The molecule has 138 valence electrons. The Morgan fingerprint density at radius 1 is 1.00 bits per heavy atom. The number of carbonyl (C=O) groups excluding carboxylic acids is 1. The number of halogens is 1. The fraction of sp³-hybridized carbons (Fsp3) is 0.316. The molecular formula is C19H22ClN3O3. The summed E-state index contributed by atoms with van der Waals surface area (Å²) in [6, 6.07) is 12.7. The number of ether oxygens (including phenoxy) is 2. The molecular weight excluding hydrogens is 354 g/mol. The minimum atomic E-state index is -0.104. The summed E-state index contributed by atoms with van der Waals surface area (Å²) in [5.74, 6) is 1.54. The van der Waals surface area contributed by atoms with E-state index < -0.39 is 0 Å². The van der Waals surface area contributed by atoms with Gasteiger partial charge in [0.25, 0.3) is 0 Å². The van der Waals surface area contributed by atoms with Crippen molar-refractivity contribution in [3.8, 4) is 11.5 Å². The number of nitrogens with one attached hydrogen (secondary N) is 1. The molecule has 2 aromatic carbocycles. The third-order valence-corrected chi connectivity index (χ3v) is 4.62. The van der Waals surface area contributed by atoms with Crippen molar-refractivity contribution in [3.63, 3.8) is 0 Å². The van der Waals surface area contributed by atoms with Gasteiger partial charge in [-0.25, -0.2) is 4.79 Å². The van der Waals surface area contributed by atoms with Gasteiger partial charge in [-0.15, -0.1) is 0 Å². The highest BCUT2D eigenvalue weighted by atomic mass is 35.5. The van der Waals surface area contributed by atoms with Gasteiger partial charge in [0.15, 0.2) is 0 Å². The summed E-state index contributed by atoms with van der Waals surface area (Å²) >= 11 is 6.12. The van der Waals surface area contributed by atoms with Gasteiger partial charge in [-0.3, -0.25) is 0 Å². The van der Waals surface area contributed by atoms with Crippen LogP contribution in [0.25, 0.3) is 0 Å². The summed E-state index contributed by atoms with van der Waals surface area (Å²) < 4.78 is 10.5. The molecule has 0 bridgehead atoms. The van der Waals surface area contributed by atoms with E-state index in [0.717, 1.165) is 22.9 Å². The first-order valence-electron chi connectivity index (χ1n) is 8.39. The fourth-order valence-electron chi connectivity index (χ4n) is 2.94. The van der Waals surface area contributed by atoms with Crippen LogP contribution in [0.5, 0.6) is 11.5 Å². The molecule has 0 saturated carbocycles. The highest BCUT2D eigenvalue weighted by Crippen LogP contribution is 2.31. The topological polar surface area (TPSA) is 54.0 Å². The van der Waals surface area contributed by atoms with Crippen LogP contribution >= 0.6 is 11.6 Å². The second-order valence-corrected chi connectivity index (χ2v) is 6.39. The standard InChI is InChI=1S/C19H22ClN3O3/c1-25-16-6-4-15(5-7-16)21-19(24)23-11-9-22(10-12-23)17-13-14(20)3-8-18(17)26-2/h3-8,13H,9-12H2,1-2H3,(H,21,24). The average Bonchev–Trinajstić information content (AvgIpc) is 2.68. The minimum Gasteiger partial charge on any atom is -0.497 e. The maximum absolute atomic E-state index is 12.5. The number of rotatable bonds is 4. The van der Waals surface area contributed by atoms with E-state index in [-0.39, 0.29) is 6.03 Å². The van der Waals surface area contributed by atoms with Gasteiger partial charge in [0.2, 0.25) is 0 Å². The SMILES string of the molecule is COc1ccc(NC(=O)N2CCN(c3cc(Cl)ccc3OC)CC2)cc1. The molecule has 1 saturated heterocycles. The third-order valence-electron chi connectivity index (χ3n) is 4.39. The molecule has 0 unspecified atom stereocenters. The van der Waals surface area contributed by atoms with Gasteiger partial charge in [-0.05, 0) is 42.5 Å². The van der Waals surface area contributed by atoms with E-state index in [4.69, 9.17) is 21.1 Å². The zero-order valence-corrected chi connectivity index (χ0v) is 15.6. The lowest BCUT2D eigenvalue weighted by molar-refractivity contribution is 0.208. The lowest BCUT2D eigenvalue weighted by Crippen LogP contribution is -2.50. The predicted molar refractivity (Wildman–Crippen MR) is 104 cm³/mol. The van der Waals surface area contributed by atoms with Crippen LogP contribution in [-0.2, 0) is 0 Å². The van der Waals surface area contributed by atoms with Crippen LogP contribution in [0.1, 0.15) is 0 Å². The van der Waals surface area contributed by atoms with Crippen molar-refractivity contribution in [2.75, 3.05) is 50.6 Å². The molecule has 3 rings (SSSR count). The predicted octanol–water partition coefficient (Wildman–Crippen LogP) is 3.71. The zero-order valence-electron chi connectivity index (χ0n) is 14.9. The Morgan fingerprint density at radius 2 is 1.69 bits per heavy atom. The zero-order chi connectivity index (χ0) is 18.5. The van der Waals surface area contributed by atoms with E-state index in [1.54, 1.807) is 19.1 Å². The number of hydrogen-bond acceptors (Lipinski definition) is 4. The number of nitrogens with zero attached hydrogens (tertiary/aromatic N) is 2. The summed E-state index contributed by atoms with van der Waals surface area (Å²) in [6.45, 7) is 2.68. The molecule has 1 aliphatic rings. The van der Waals surface area contributed by atoms with E-state index in [1.165, 1.54) is 0 Å². The maximum Gasteiger partial charge on any atom is 0.321 e. The van der Waals surface area contributed by atoms with Crippen LogP contribution in [0.15, 0.2) is 42.5 Å². The van der Waals surface area contributed by atoms with E-state index >= 15 is 0 Å². The number of amides is 2. The normalized spacial score (nSPS) is 14.1. The number of urea groups is 1. The highest BCUT2D eigenvalue weighted by Gasteiger charge is 2.23. The summed E-state index contributed by atoms with van der Waals surface area (Å²) in [5, 5.41) is 3.58. The smallest absolute Gasteiger partial charge is 0.321 e. The molecule has 6 nitrogen and oxygen atoms in total. The van der Waals surface area contributed by atoms with Crippen LogP contribution < -0.4 is 19.7 Å². The summed E-state index contributed by atoms with van der Waals surface area (Å²) in [6.07, 6.45) is 0. The molecule has 7 heteroatoms. The van der Waals surface area contributed by atoms with Gasteiger partial charge >= 0.3 is 6.03 Å². The molecule has 1 aliphatic heterocycles. The molecule has 0 aromatic heterocycles. The van der Waals surface area contributed by atoms with Gasteiger partial charge in [-0.1, -0.05) is 11.6 Å². The van der Waals surface area contributed by atoms with Crippen LogP contribution in [0, 0.1) is 0 Å². The lowest BCUT2D eigenvalue weighted by atomic mass is 10.2. The molecule has 1 heterocycles. The van der Waals surface area contributed by atoms with Gasteiger partial charge in [0.05, 0.1) is 19.9 Å². The highest BCUT2D eigenvalue weighted by molar-refractivity contribution is 6.30. The minimum absolute atomic E-state index is 0.104. The van der Waals surface area contributed by atoms with Crippen molar-refractivity contribution in [1.82, 2.24) is 4.90 Å². The van der Waals surface area contributed by atoms with E-state index in [2.05, 4.69) is 10.2 Å². The monoisotopic (exact) mass is 375 g/mol. The number of piperazine rings is 1. The Labute approximate surface area is 158 Å². The van der Waals surface area contributed by atoms with Crippen LogP contribution in [0.2, 0.25) is 5.02 Å². The molecule has 0 aliphatic carbocycles. The van der Waals surface area contributed by atoms with Crippen LogP contribution in [-0.4, -0.2) is 51.3 Å². The fourth-order valence-corrected chi connectivity index (χ4v) is 3.10. The number of anilines is 2. The van der Waals surface area contributed by atoms with Gasteiger partial charge in [0.1, 0.15) is 11.5 Å². The third kappa shape index (κ3) is 4.14. The van der Waals surface area contributed by atoms with Crippen molar-refractivity contribution in [1.29, 1.82) is 0 Å². The van der Waals surface area contributed by atoms with E-state index in [0.29, 0.717) is 31.2 Å². The van der Waals surface area contributed by atoms with E-state index in [1.807, 2.05) is 42.5 Å². The first kappa shape index (κ1) is 18.2. The Kier molecular flexibility index (Phi) is 5.73. The Balaban J connectivity index is 1.59. The Morgan fingerprint density at radius 3 is 2.31 bits per heavy atom. The van der Waals surface area contributed by atoms with Crippen molar-refractivity contribution in [2.24, 2.45) is 0 Å². The first-order valence-corrected chi connectivity index (χ1v) is 8.77. The van der Waals surface area contributed by atoms with Crippen molar-refractivity contribution >= 4 is 29.0 Å². The molecule has 1 fully saturated rings. The number of methoxy groups -OCH3 is 2. The second-order valence-electron chi connectivity index (χ2n) is 5.95. The lowest BCUT2D eigenvalue weighted by Gasteiger charge is -2.36. The van der Waals surface area contributed by atoms with Crippen molar-refractivity contribution in [3.05, 3.63) is 47.5 Å². The largest absolute Gasteiger partial charge is 0.497 e. The second kappa shape index (κ2) is 8.19. The number of hydrogen-bond donors (Lipinski definition) is 1. The Hall–Kier alpha value is -2.60. The van der Waals surface area contributed by atoms with E-state index in [9.17, 15) is 4.79 Å². The first-order chi connectivity index (χ1) is 12.6. The molecule has 0 spiro atoms.